The molecule has 0 aromatic heterocycles. The number of carbonyl (C=O) groups is 2. The van der Waals surface area contributed by atoms with Crippen LogP contribution in [0.25, 0.3) is 0 Å². The lowest BCUT2D eigenvalue weighted by atomic mass is 9.55. The Morgan fingerprint density at radius 2 is 1.89 bits per heavy atom. The van der Waals surface area contributed by atoms with Crippen LogP contribution in [0, 0.1) is 17.3 Å². The Morgan fingerprint density at radius 3 is 2.49 bits per heavy atom. The molecule has 3 unspecified atom stereocenters. The van der Waals surface area contributed by atoms with Crippen molar-refractivity contribution in [3.8, 4) is 0 Å². The summed E-state index contributed by atoms with van der Waals surface area (Å²) in [5.41, 5.74) is 4.96. The highest BCUT2D eigenvalue weighted by Crippen LogP contribution is 2.56. The topological polar surface area (TPSA) is 72.9 Å². The molecule has 3 atom stereocenters. The van der Waals surface area contributed by atoms with Crippen molar-refractivity contribution in [3.05, 3.63) is 58.6 Å². The summed E-state index contributed by atoms with van der Waals surface area (Å²) in [6.45, 7) is 14.1. The van der Waals surface area contributed by atoms with E-state index in [2.05, 4.69) is 37.6 Å². The summed E-state index contributed by atoms with van der Waals surface area (Å²) >= 11 is 0. The monoisotopic (exact) mass is 507 g/mol. The highest BCUT2D eigenvalue weighted by molar-refractivity contribution is 6.11. The number of fused-ring (bicyclic) bond motifs is 1. The number of carbonyl (C=O) groups excluding carboxylic acids is 2. The molecule has 0 spiro atoms. The van der Waals surface area contributed by atoms with Crippen LogP contribution in [0.2, 0.25) is 0 Å². The summed E-state index contributed by atoms with van der Waals surface area (Å²) in [5.74, 6) is 1.11. The van der Waals surface area contributed by atoms with Crippen LogP contribution in [0.3, 0.4) is 0 Å². The van der Waals surface area contributed by atoms with E-state index in [1.807, 2.05) is 24.1 Å². The SMILES string of the molecule is C=C(O)/C=C\C(C)=C(/C)C12CCN(CC3CC3)C(C)C1CC(/C=C(\C=O)C(=O)N1CCCC1)=C(NC)C2. The van der Waals surface area contributed by atoms with Crippen molar-refractivity contribution in [2.45, 2.75) is 71.8 Å². The summed E-state index contributed by atoms with van der Waals surface area (Å²) in [7, 11) is 1.95. The van der Waals surface area contributed by atoms with Crippen LogP contribution in [0.1, 0.15) is 65.7 Å². The van der Waals surface area contributed by atoms with Crippen LogP contribution in [-0.4, -0.2) is 66.4 Å². The van der Waals surface area contributed by atoms with Crippen LogP contribution in [-0.2, 0) is 9.59 Å². The van der Waals surface area contributed by atoms with Gasteiger partial charge in [-0.3, -0.25) is 9.59 Å². The van der Waals surface area contributed by atoms with E-state index >= 15 is 0 Å². The molecular weight excluding hydrogens is 462 g/mol. The Hall–Kier alpha value is -2.60. The zero-order valence-electron chi connectivity index (χ0n) is 23.2. The van der Waals surface area contributed by atoms with Crippen LogP contribution >= 0.6 is 0 Å². The summed E-state index contributed by atoms with van der Waals surface area (Å²) in [4.78, 5) is 29.7. The zero-order valence-corrected chi connectivity index (χ0v) is 23.2. The predicted octanol–water partition coefficient (Wildman–Crippen LogP) is 5.07. The van der Waals surface area contributed by atoms with Gasteiger partial charge in [-0.1, -0.05) is 23.8 Å². The molecule has 2 saturated heterocycles. The van der Waals surface area contributed by atoms with Gasteiger partial charge in [-0.2, -0.15) is 0 Å². The van der Waals surface area contributed by atoms with E-state index < -0.39 is 0 Å². The lowest BCUT2D eigenvalue weighted by molar-refractivity contribution is -0.127. The van der Waals surface area contributed by atoms with E-state index in [9.17, 15) is 14.7 Å². The normalized spacial score (nSPS) is 29.8. The number of nitrogens with one attached hydrogen (secondary N) is 1. The Kier molecular flexibility index (Phi) is 8.47. The first-order chi connectivity index (χ1) is 17.7. The fourth-order valence-electron chi connectivity index (χ4n) is 6.88. The van der Waals surface area contributed by atoms with Gasteiger partial charge in [-0.25, -0.2) is 0 Å². The second-order valence-electron chi connectivity index (χ2n) is 11.7. The first kappa shape index (κ1) is 27.4. The molecule has 1 amide bonds. The van der Waals surface area contributed by atoms with Gasteiger partial charge in [-0.05, 0) is 102 Å². The minimum Gasteiger partial charge on any atom is -0.509 e. The van der Waals surface area contributed by atoms with Gasteiger partial charge < -0.3 is 20.2 Å². The van der Waals surface area contributed by atoms with Crippen LogP contribution in [0.5, 0.6) is 0 Å². The van der Waals surface area contributed by atoms with E-state index in [1.54, 1.807) is 6.08 Å². The van der Waals surface area contributed by atoms with Gasteiger partial charge in [-0.15, -0.1) is 0 Å². The van der Waals surface area contributed by atoms with Gasteiger partial charge in [0.25, 0.3) is 5.91 Å². The van der Waals surface area contributed by atoms with Gasteiger partial charge >= 0.3 is 0 Å². The van der Waals surface area contributed by atoms with Gasteiger partial charge in [0.05, 0.1) is 5.57 Å². The third-order valence-electron chi connectivity index (χ3n) is 9.49. The van der Waals surface area contributed by atoms with E-state index in [-0.39, 0.29) is 22.7 Å². The van der Waals surface area contributed by atoms with Gasteiger partial charge in [0.15, 0.2) is 6.29 Å². The second-order valence-corrected chi connectivity index (χ2v) is 11.7. The molecule has 2 aliphatic heterocycles. The Labute approximate surface area is 222 Å². The number of amides is 1. The summed E-state index contributed by atoms with van der Waals surface area (Å²) in [6.07, 6.45) is 13.7. The molecular formula is C31H45N3O3. The molecule has 0 aromatic rings. The predicted molar refractivity (Wildman–Crippen MR) is 149 cm³/mol. The van der Waals surface area contributed by atoms with Crippen molar-refractivity contribution < 1.29 is 14.7 Å². The molecule has 2 aliphatic carbocycles. The van der Waals surface area contributed by atoms with E-state index in [1.165, 1.54) is 25.0 Å². The van der Waals surface area contributed by atoms with Gasteiger partial charge in [0.2, 0.25) is 0 Å². The lowest BCUT2D eigenvalue weighted by Gasteiger charge is -2.56. The van der Waals surface area contributed by atoms with E-state index in [0.29, 0.717) is 12.0 Å². The fraction of sp³-hybridized carbons (Fsp3) is 0.613. The Balaban J connectivity index is 1.74. The minimum atomic E-state index is -0.138. The van der Waals surface area contributed by atoms with Crippen LogP contribution in [0.15, 0.2) is 58.6 Å². The first-order valence-electron chi connectivity index (χ1n) is 14.0. The maximum absolute atomic E-state index is 13.1. The molecule has 37 heavy (non-hydrogen) atoms. The van der Waals surface area contributed by atoms with Crippen LogP contribution in [0.4, 0.5) is 0 Å². The maximum atomic E-state index is 13.1. The molecule has 4 rings (SSSR count). The Morgan fingerprint density at radius 1 is 1.19 bits per heavy atom. The third kappa shape index (κ3) is 5.79. The van der Waals surface area contributed by atoms with E-state index in [0.717, 1.165) is 80.8 Å². The zero-order chi connectivity index (χ0) is 26.7. The molecule has 202 valence electrons. The number of aldehydes is 1. The molecule has 0 bridgehead atoms. The molecule has 6 heteroatoms. The second kappa shape index (κ2) is 11.4. The highest BCUT2D eigenvalue weighted by Gasteiger charge is 2.51. The Bertz CT molecular complexity index is 1040. The standard InChI is InChI=1S/C31H45N3O3/c1-21(8-9-22(2)36)23(3)31-12-15-34(19-25-10-11-25)24(4)28(31)17-26(29(18-31)32-5)16-27(20-35)30(37)33-13-6-7-14-33/h8-9,16,20,24-25,28,32,36H,2,6-7,10-15,17-19H2,1,3-5H3/b9-8-,23-21+,27-16+. The molecule has 3 fully saturated rings. The molecule has 2 N–H and O–H groups in total. The number of piperidine rings is 1. The molecule has 4 aliphatic rings. The molecule has 6 nitrogen and oxygen atoms in total. The van der Waals surface area contributed by atoms with Crippen molar-refractivity contribution in [2.24, 2.45) is 17.3 Å². The van der Waals surface area contributed by atoms with Crippen molar-refractivity contribution in [3.63, 3.8) is 0 Å². The van der Waals surface area contributed by atoms with Gasteiger partial charge in [0, 0.05) is 43.8 Å². The highest BCUT2D eigenvalue weighted by atomic mass is 16.3. The van der Waals surface area contributed by atoms with Gasteiger partial charge in [0.1, 0.15) is 5.76 Å². The van der Waals surface area contributed by atoms with Crippen molar-refractivity contribution in [1.82, 2.24) is 15.1 Å². The number of rotatable bonds is 9. The average molecular weight is 508 g/mol. The number of nitrogens with zero attached hydrogens (tertiary/aromatic N) is 2. The number of hydrogen-bond acceptors (Lipinski definition) is 5. The minimum absolute atomic E-state index is 0.0271. The largest absolute Gasteiger partial charge is 0.509 e. The third-order valence-corrected chi connectivity index (χ3v) is 9.49. The van der Waals surface area contributed by atoms with Crippen molar-refractivity contribution in [2.75, 3.05) is 33.2 Å². The van der Waals surface area contributed by atoms with Crippen molar-refractivity contribution in [1.29, 1.82) is 0 Å². The van der Waals surface area contributed by atoms with E-state index in [4.69, 9.17) is 0 Å². The first-order valence-corrected chi connectivity index (χ1v) is 14.0. The van der Waals surface area contributed by atoms with Crippen molar-refractivity contribution >= 4 is 12.2 Å². The molecule has 0 aromatic carbocycles. The number of aliphatic hydroxyl groups excluding tert-OH is 1. The quantitative estimate of drug-likeness (QED) is 0.114. The molecule has 2 heterocycles. The van der Waals surface area contributed by atoms with Crippen LogP contribution < -0.4 is 5.32 Å². The molecule has 1 saturated carbocycles. The number of likely N-dealkylation sites (tertiary alicyclic amines) is 2. The maximum Gasteiger partial charge on any atom is 0.257 e. The number of allylic oxidation sites excluding steroid dienone is 7. The lowest BCUT2D eigenvalue weighted by Crippen LogP contribution is -2.56. The number of aliphatic hydroxyl groups is 1. The molecule has 0 radical (unpaired) electrons. The summed E-state index contributed by atoms with van der Waals surface area (Å²) < 4.78 is 0. The average Bonchev–Trinajstić information content (AvgIpc) is 3.54. The number of hydrogen-bond donors (Lipinski definition) is 2. The summed E-state index contributed by atoms with van der Waals surface area (Å²) in [6, 6.07) is 0.393. The smallest absolute Gasteiger partial charge is 0.257 e. The summed E-state index contributed by atoms with van der Waals surface area (Å²) in [5, 5.41) is 13.1. The fourth-order valence-corrected chi connectivity index (χ4v) is 6.88.